The summed E-state index contributed by atoms with van der Waals surface area (Å²) in [6.07, 6.45) is 0. The molecular formula is C27H20N4O2S. The summed E-state index contributed by atoms with van der Waals surface area (Å²) in [5.74, 6) is 1.32. The third-order valence-electron chi connectivity index (χ3n) is 5.77. The van der Waals surface area contributed by atoms with Crippen molar-refractivity contribution in [3.8, 4) is 27.9 Å². The average molecular weight is 465 g/mol. The fourth-order valence-electron chi connectivity index (χ4n) is 4.23. The lowest BCUT2D eigenvalue weighted by Gasteiger charge is -2.27. The molecule has 0 radical (unpaired) electrons. The van der Waals surface area contributed by atoms with Crippen molar-refractivity contribution in [2.24, 2.45) is 0 Å². The zero-order valence-electron chi connectivity index (χ0n) is 18.3. The minimum Gasteiger partial charge on any atom is -0.457 e. The second-order valence-electron chi connectivity index (χ2n) is 8.06. The van der Waals surface area contributed by atoms with E-state index in [4.69, 9.17) is 9.72 Å². The van der Waals surface area contributed by atoms with E-state index in [0.717, 1.165) is 28.1 Å². The number of aromatic nitrogens is 3. The number of amides is 1. The molecule has 0 aliphatic carbocycles. The van der Waals surface area contributed by atoms with Gasteiger partial charge in [-0.3, -0.25) is 4.79 Å². The van der Waals surface area contributed by atoms with Gasteiger partial charge in [0.2, 0.25) is 11.0 Å². The predicted octanol–water partition coefficient (Wildman–Crippen LogP) is 6.18. The number of ether oxygens (including phenoxy) is 1. The van der Waals surface area contributed by atoms with Crippen LogP contribution in [0, 0.1) is 6.92 Å². The lowest BCUT2D eigenvalue weighted by molar-refractivity contribution is -0.116. The molecule has 6 nitrogen and oxygen atoms in total. The van der Waals surface area contributed by atoms with Gasteiger partial charge in [0, 0.05) is 28.1 Å². The largest absolute Gasteiger partial charge is 0.457 e. The van der Waals surface area contributed by atoms with Crippen LogP contribution in [0.5, 0.6) is 11.5 Å². The molecule has 0 fully saturated rings. The van der Waals surface area contributed by atoms with E-state index in [1.54, 1.807) is 4.68 Å². The Hall–Kier alpha value is -4.23. The van der Waals surface area contributed by atoms with Crippen LogP contribution in [0.25, 0.3) is 16.4 Å². The van der Waals surface area contributed by atoms with Gasteiger partial charge in [0.05, 0.1) is 17.3 Å². The van der Waals surface area contributed by atoms with Gasteiger partial charge in [-0.05, 0) is 19.1 Å². The molecule has 1 aliphatic heterocycles. The van der Waals surface area contributed by atoms with E-state index in [9.17, 15) is 4.79 Å². The molecule has 1 N–H and O–H groups in total. The first kappa shape index (κ1) is 20.4. The van der Waals surface area contributed by atoms with Gasteiger partial charge < -0.3 is 10.1 Å². The monoisotopic (exact) mass is 464 g/mol. The Balaban J connectivity index is 1.35. The summed E-state index contributed by atoms with van der Waals surface area (Å²) < 4.78 is 7.74. The topological polar surface area (TPSA) is 69.0 Å². The number of fused-ring (bicyclic) bond motifs is 2. The van der Waals surface area contributed by atoms with Crippen LogP contribution in [-0.2, 0) is 4.79 Å². The standard InChI is InChI=1S/C27H20N4O2S/c1-17-15-24(31(30-17)27-28-21(16-34-27)18-9-3-2-4-10-18)29-26(32)25-19-11-5-7-13-22(19)33-23-14-8-6-12-20(23)25/h2-16,25H,1H3,(H,29,32). The quantitative estimate of drug-likeness (QED) is 0.345. The van der Waals surface area contributed by atoms with Crippen LogP contribution in [0.3, 0.4) is 0 Å². The third-order valence-corrected chi connectivity index (χ3v) is 6.58. The molecule has 5 aromatic rings. The van der Waals surface area contributed by atoms with Gasteiger partial charge in [-0.1, -0.05) is 66.7 Å². The number of carbonyl (C=O) groups excluding carboxylic acids is 1. The lowest BCUT2D eigenvalue weighted by Crippen LogP contribution is -2.26. The van der Waals surface area contributed by atoms with Gasteiger partial charge in [-0.25, -0.2) is 4.98 Å². The number of rotatable bonds is 4. The summed E-state index contributed by atoms with van der Waals surface area (Å²) in [5, 5.41) is 10.4. The molecule has 1 aliphatic rings. The van der Waals surface area contributed by atoms with E-state index in [1.807, 2.05) is 97.2 Å². The van der Waals surface area contributed by atoms with E-state index < -0.39 is 5.92 Å². The highest BCUT2D eigenvalue weighted by Crippen LogP contribution is 2.44. The number of hydrogen-bond donors (Lipinski definition) is 1. The number of nitrogens with zero attached hydrogens (tertiary/aromatic N) is 3. The Morgan fingerprint density at radius 1 is 0.941 bits per heavy atom. The van der Waals surface area contributed by atoms with Crippen molar-refractivity contribution in [1.82, 2.24) is 14.8 Å². The first-order valence-electron chi connectivity index (χ1n) is 10.9. The number of benzene rings is 3. The van der Waals surface area contributed by atoms with Crippen LogP contribution < -0.4 is 10.1 Å². The number of carbonyl (C=O) groups is 1. The molecule has 3 heterocycles. The molecule has 0 saturated carbocycles. The van der Waals surface area contributed by atoms with Crippen molar-refractivity contribution in [3.05, 3.63) is 107 Å². The van der Waals surface area contributed by atoms with Crippen molar-refractivity contribution in [3.63, 3.8) is 0 Å². The predicted molar refractivity (Wildman–Crippen MR) is 133 cm³/mol. The fraction of sp³-hybridized carbons (Fsp3) is 0.0741. The Kier molecular flexibility index (Phi) is 4.96. The summed E-state index contributed by atoms with van der Waals surface area (Å²) >= 11 is 1.48. The van der Waals surface area contributed by atoms with Crippen LogP contribution in [0.4, 0.5) is 5.82 Å². The van der Waals surface area contributed by atoms with Crippen molar-refractivity contribution in [2.75, 3.05) is 5.32 Å². The minimum atomic E-state index is -0.499. The second-order valence-corrected chi connectivity index (χ2v) is 8.90. The normalized spacial score (nSPS) is 12.5. The van der Waals surface area contributed by atoms with E-state index >= 15 is 0 Å². The molecule has 7 heteroatoms. The van der Waals surface area contributed by atoms with Gasteiger partial charge in [0.25, 0.3) is 0 Å². The molecule has 6 rings (SSSR count). The molecule has 0 atom stereocenters. The molecule has 2 aromatic heterocycles. The number of para-hydroxylation sites is 2. The number of aryl methyl sites for hydroxylation is 1. The zero-order valence-corrected chi connectivity index (χ0v) is 19.1. The Labute approximate surface area is 200 Å². The molecule has 34 heavy (non-hydrogen) atoms. The molecule has 1 amide bonds. The van der Waals surface area contributed by atoms with Gasteiger partial charge in [0.1, 0.15) is 17.3 Å². The van der Waals surface area contributed by atoms with Crippen LogP contribution in [-0.4, -0.2) is 20.7 Å². The second kappa shape index (κ2) is 8.28. The first-order valence-corrected chi connectivity index (χ1v) is 11.8. The lowest BCUT2D eigenvalue weighted by atomic mass is 9.87. The van der Waals surface area contributed by atoms with Crippen molar-refractivity contribution in [2.45, 2.75) is 12.8 Å². The highest BCUT2D eigenvalue weighted by atomic mass is 32.1. The van der Waals surface area contributed by atoms with E-state index in [1.165, 1.54) is 11.3 Å². The molecule has 3 aromatic carbocycles. The van der Waals surface area contributed by atoms with Gasteiger partial charge in [0.15, 0.2) is 0 Å². The molecule has 0 spiro atoms. The minimum absolute atomic E-state index is 0.149. The highest BCUT2D eigenvalue weighted by Gasteiger charge is 2.33. The maximum atomic E-state index is 13.7. The maximum absolute atomic E-state index is 13.7. The summed E-state index contributed by atoms with van der Waals surface area (Å²) in [6.45, 7) is 1.90. The van der Waals surface area contributed by atoms with Crippen molar-refractivity contribution in [1.29, 1.82) is 0 Å². The molecule has 0 saturated heterocycles. The van der Waals surface area contributed by atoms with Gasteiger partial charge in [-0.15, -0.1) is 11.3 Å². The van der Waals surface area contributed by atoms with Crippen molar-refractivity contribution < 1.29 is 9.53 Å². The smallest absolute Gasteiger partial charge is 0.237 e. The van der Waals surface area contributed by atoms with Crippen molar-refractivity contribution >= 4 is 23.1 Å². The van der Waals surface area contributed by atoms with E-state index in [0.29, 0.717) is 22.4 Å². The van der Waals surface area contributed by atoms with E-state index in [-0.39, 0.29) is 5.91 Å². The first-order chi connectivity index (χ1) is 16.7. The summed E-state index contributed by atoms with van der Waals surface area (Å²) in [4.78, 5) is 18.5. The zero-order chi connectivity index (χ0) is 23.1. The van der Waals surface area contributed by atoms with E-state index in [2.05, 4.69) is 10.4 Å². The maximum Gasteiger partial charge on any atom is 0.237 e. The van der Waals surface area contributed by atoms with Crippen LogP contribution in [0.2, 0.25) is 0 Å². The van der Waals surface area contributed by atoms with Crippen LogP contribution >= 0.6 is 11.3 Å². The summed E-state index contributed by atoms with van der Waals surface area (Å²) in [6, 6.07) is 27.2. The molecule has 0 unspecified atom stereocenters. The van der Waals surface area contributed by atoms with Gasteiger partial charge in [-0.2, -0.15) is 9.78 Å². The molecule has 0 bridgehead atoms. The van der Waals surface area contributed by atoms with Crippen LogP contribution in [0.1, 0.15) is 22.7 Å². The van der Waals surface area contributed by atoms with Crippen LogP contribution in [0.15, 0.2) is 90.3 Å². The summed E-state index contributed by atoms with van der Waals surface area (Å²) in [7, 11) is 0. The number of thiazole rings is 1. The number of nitrogens with one attached hydrogen (secondary N) is 1. The number of hydrogen-bond acceptors (Lipinski definition) is 5. The average Bonchev–Trinajstić information content (AvgIpc) is 3.49. The fourth-order valence-corrected chi connectivity index (χ4v) is 5.02. The number of anilines is 1. The SMILES string of the molecule is Cc1cc(NC(=O)C2c3ccccc3Oc3ccccc32)n(-c2nc(-c3ccccc3)cs2)n1. The molecular weight excluding hydrogens is 444 g/mol. The Bertz CT molecular complexity index is 1460. The van der Waals surface area contributed by atoms with Gasteiger partial charge >= 0.3 is 0 Å². The highest BCUT2D eigenvalue weighted by molar-refractivity contribution is 7.12. The third kappa shape index (κ3) is 3.56. The molecule has 166 valence electrons. The summed E-state index contributed by atoms with van der Waals surface area (Å²) in [5.41, 5.74) is 4.37. The Morgan fingerprint density at radius 3 is 2.29 bits per heavy atom. The Morgan fingerprint density at radius 2 is 1.59 bits per heavy atom.